The van der Waals surface area contributed by atoms with Gasteiger partial charge in [-0.05, 0) is 0 Å². The van der Waals surface area contributed by atoms with Crippen LogP contribution < -0.4 is 4.40 Å². The van der Waals surface area contributed by atoms with E-state index in [1.54, 1.807) is 0 Å². The first kappa shape index (κ1) is 11.1. The second-order valence-electron chi connectivity index (χ2n) is 5.19. The summed E-state index contributed by atoms with van der Waals surface area (Å²) in [7, 11) is 0. The van der Waals surface area contributed by atoms with Crippen molar-refractivity contribution in [3.05, 3.63) is 66.7 Å². The van der Waals surface area contributed by atoms with Crippen molar-refractivity contribution in [3.63, 3.8) is 0 Å². The monoisotopic (exact) mass is 304 g/mol. The second-order valence-corrected chi connectivity index (χ2v) is 7.46. The van der Waals surface area contributed by atoms with E-state index in [9.17, 15) is 0 Å². The number of fused-ring (bicyclic) bond motifs is 3. The van der Waals surface area contributed by atoms with Crippen molar-refractivity contribution in [2.75, 3.05) is 0 Å². The average Bonchev–Trinajstić information content (AvgIpc) is 2.44. The molecule has 0 atom stereocenters. The third-order valence-electron chi connectivity index (χ3n) is 3.92. The molecule has 90 valence electrons. The van der Waals surface area contributed by atoms with Crippen molar-refractivity contribution in [2.24, 2.45) is 0 Å². The van der Waals surface area contributed by atoms with Crippen LogP contribution in [0.1, 0.15) is 0 Å². The van der Waals surface area contributed by atoms with Crippen LogP contribution in [0.15, 0.2) is 66.7 Å². The summed E-state index contributed by atoms with van der Waals surface area (Å²) >= 11 is 0.719. The normalized spacial score (nSPS) is 11.6. The topological polar surface area (TPSA) is 0 Å². The van der Waals surface area contributed by atoms with Crippen LogP contribution in [0.3, 0.4) is 0 Å². The summed E-state index contributed by atoms with van der Waals surface area (Å²) in [6.45, 7) is 0. The fourth-order valence-electron chi connectivity index (χ4n) is 2.87. The van der Waals surface area contributed by atoms with Gasteiger partial charge in [-0.1, -0.05) is 0 Å². The first-order valence-corrected chi connectivity index (χ1v) is 8.73. The molecule has 0 bridgehead atoms. The van der Waals surface area contributed by atoms with Crippen LogP contribution in [-0.2, 0) is 0 Å². The van der Waals surface area contributed by atoms with Crippen LogP contribution in [0.4, 0.5) is 0 Å². The quantitative estimate of drug-likeness (QED) is 0.346. The molecule has 0 nitrogen and oxygen atoms in total. The summed E-state index contributed by atoms with van der Waals surface area (Å²) in [5.41, 5.74) is 0. The van der Waals surface area contributed by atoms with Gasteiger partial charge in [0.15, 0.2) is 0 Å². The van der Waals surface area contributed by atoms with Crippen molar-refractivity contribution >= 4 is 53.2 Å². The van der Waals surface area contributed by atoms with Gasteiger partial charge in [0.05, 0.1) is 0 Å². The van der Waals surface area contributed by atoms with E-state index < -0.39 is 0 Å². The molecule has 0 radical (unpaired) electrons. The van der Waals surface area contributed by atoms with E-state index in [4.69, 9.17) is 0 Å². The van der Waals surface area contributed by atoms with E-state index in [0.29, 0.717) is 0 Å². The third-order valence-corrected chi connectivity index (χ3v) is 5.75. The second kappa shape index (κ2) is 4.11. The molecule has 4 aromatic carbocycles. The van der Waals surface area contributed by atoms with Crippen molar-refractivity contribution < 1.29 is 0 Å². The Labute approximate surface area is 120 Å². The third kappa shape index (κ3) is 1.75. The Bertz CT molecular complexity index is 922. The van der Waals surface area contributed by atoms with Crippen LogP contribution in [0, 0.1) is 0 Å². The zero-order valence-corrected chi connectivity index (χ0v) is 15.0. The molecule has 0 aliphatic carbocycles. The van der Waals surface area contributed by atoms with Crippen molar-refractivity contribution in [3.8, 4) is 0 Å². The zero-order valence-electron chi connectivity index (χ0n) is 10.9. The summed E-state index contributed by atoms with van der Waals surface area (Å²) in [4.78, 5) is 0. The van der Waals surface area contributed by atoms with Gasteiger partial charge in [-0.2, -0.15) is 0 Å². The van der Waals surface area contributed by atoms with Crippen LogP contribution in [0.2, 0.25) is 0 Å². The Kier molecular flexibility index (Phi) is 2.39. The van der Waals surface area contributed by atoms with E-state index in [1.807, 2.05) is 0 Å². The van der Waals surface area contributed by atoms with Gasteiger partial charge in [-0.15, -0.1) is 0 Å². The standard InChI is InChI=1S/C18H14Ge/c19-18-7-3-6-14-10-15-8-12-4-1-2-5-13(12)9-16(15)11-17(14)18/h1-11H,19H3. The molecule has 0 aromatic heterocycles. The molecule has 0 saturated heterocycles. The van der Waals surface area contributed by atoms with Gasteiger partial charge >= 0.3 is 120 Å². The predicted molar refractivity (Wildman–Crippen MR) is 88.5 cm³/mol. The van der Waals surface area contributed by atoms with Crippen molar-refractivity contribution in [1.82, 2.24) is 0 Å². The van der Waals surface area contributed by atoms with E-state index >= 15 is 0 Å². The Morgan fingerprint density at radius 3 is 1.84 bits per heavy atom. The maximum absolute atomic E-state index is 2.36. The van der Waals surface area contributed by atoms with E-state index in [2.05, 4.69) is 66.7 Å². The number of benzene rings is 4. The molecule has 0 aliphatic rings. The summed E-state index contributed by atoms with van der Waals surface area (Å²) in [6, 6.07) is 24.5. The van der Waals surface area contributed by atoms with Crippen LogP contribution in [0.25, 0.3) is 32.3 Å². The molecule has 0 fully saturated rings. The summed E-state index contributed by atoms with van der Waals surface area (Å²) in [5, 5.41) is 8.13. The fourth-order valence-corrected chi connectivity index (χ4v) is 4.19. The van der Waals surface area contributed by atoms with Crippen molar-refractivity contribution in [2.45, 2.75) is 0 Å². The molecule has 19 heavy (non-hydrogen) atoms. The van der Waals surface area contributed by atoms with Gasteiger partial charge in [0.25, 0.3) is 0 Å². The van der Waals surface area contributed by atoms with Crippen LogP contribution >= 0.6 is 0 Å². The maximum atomic E-state index is 2.36. The molecule has 0 heterocycles. The number of hydrogen-bond donors (Lipinski definition) is 0. The van der Waals surface area contributed by atoms with Crippen molar-refractivity contribution in [1.29, 1.82) is 0 Å². The van der Waals surface area contributed by atoms with E-state index in [1.165, 1.54) is 36.7 Å². The molecule has 4 rings (SSSR count). The van der Waals surface area contributed by atoms with E-state index in [-0.39, 0.29) is 0 Å². The molecular weight excluding hydrogens is 289 g/mol. The molecule has 0 unspecified atom stereocenters. The van der Waals surface area contributed by atoms with Crippen LogP contribution in [-0.4, -0.2) is 16.5 Å². The Morgan fingerprint density at radius 2 is 1.11 bits per heavy atom. The van der Waals surface area contributed by atoms with Gasteiger partial charge in [-0.25, -0.2) is 0 Å². The van der Waals surface area contributed by atoms with Crippen LogP contribution in [0.5, 0.6) is 0 Å². The minimum absolute atomic E-state index is 0.719. The predicted octanol–water partition coefficient (Wildman–Crippen LogP) is 3.14. The van der Waals surface area contributed by atoms with Gasteiger partial charge in [0.2, 0.25) is 0 Å². The van der Waals surface area contributed by atoms with Gasteiger partial charge in [0, 0.05) is 0 Å². The zero-order chi connectivity index (χ0) is 12.8. The van der Waals surface area contributed by atoms with Gasteiger partial charge in [0.1, 0.15) is 0 Å². The SMILES string of the molecule is [GeH3][c]1cccc2cc3cc4ccccc4cc3cc12. The fraction of sp³-hybridized carbons (Fsp3) is 0. The van der Waals surface area contributed by atoms with Gasteiger partial charge in [-0.3, -0.25) is 0 Å². The number of rotatable bonds is 0. The minimum atomic E-state index is 0.719. The molecule has 1 heteroatoms. The molecular formula is C18H14Ge. The average molecular weight is 303 g/mol. The molecule has 0 amide bonds. The molecule has 0 spiro atoms. The van der Waals surface area contributed by atoms with Gasteiger partial charge < -0.3 is 0 Å². The molecule has 0 N–H and O–H groups in total. The first-order valence-electron chi connectivity index (χ1n) is 6.63. The Hall–Kier alpha value is -1.80. The summed E-state index contributed by atoms with van der Waals surface area (Å²) < 4.78 is 1.53. The Morgan fingerprint density at radius 1 is 0.526 bits per heavy atom. The summed E-state index contributed by atoms with van der Waals surface area (Å²) in [6.07, 6.45) is 0. The summed E-state index contributed by atoms with van der Waals surface area (Å²) in [5.74, 6) is 0. The Balaban J connectivity index is 2.20. The molecule has 0 saturated carbocycles. The molecule has 4 aromatic rings. The molecule has 0 aliphatic heterocycles. The first-order chi connectivity index (χ1) is 9.31. The number of hydrogen-bond acceptors (Lipinski definition) is 0. The van der Waals surface area contributed by atoms with E-state index in [0.717, 1.165) is 16.5 Å².